The number of aryl methyl sites for hydroxylation is 2. The highest BCUT2D eigenvalue weighted by molar-refractivity contribution is 5.74. The second kappa shape index (κ2) is 9.67. The van der Waals surface area contributed by atoms with E-state index >= 15 is 0 Å². The van der Waals surface area contributed by atoms with Crippen LogP contribution in [0.2, 0.25) is 0 Å². The number of imidazole rings is 1. The van der Waals surface area contributed by atoms with E-state index in [2.05, 4.69) is 81.2 Å². The lowest BCUT2D eigenvalue weighted by atomic mass is 9.87. The van der Waals surface area contributed by atoms with Gasteiger partial charge in [0, 0.05) is 12.6 Å². The number of hydrogen-bond acceptors (Lipinski definition) is 3. The van der Waals surface area contributed by atoms with Crippen molar-refractivity contribution < 1.29 is 4.74 Å². The lowest BCUT2D eigenvalue weighted by Gasteiger charge is -2.22. The van der Waals surface area contributed by atoms with Gasteiger partial charge in [0.25, 0.3) is 0 Å². The second-order valence-electron chi connectivity index (χ2n) is 9.80. The number of aromatic nitrogens is 2. The van der Waals surface area contributed by atoms with E-state index in [1.807, 2.05) is 42.1 Å². The number of ether oxygens (including phenoxy) is 1. The van der Waals surface area contributed by atoms with Crippen LogP contribution in [0.5, 0.6) is 0 Å². The van der Waals surface area contributed by atoms with Crippen LogP contribution in [0.25, 0.3) is 11.1 Å². The predicted molar refractivity (Wildman–Crippen MR) is 136 cm³/mol. The van der Waals surface area contributed by atoms with Gasteiger partial charge >= 0.3 is 0 Å². The SMILES string of the molecule is Cc1ccccc1-c1cc(C(OCc2ccc(C(C)(C)C)cc2)c2cncn2C)ccc1C#N. The Bertz CT molecular complexity index is 1320. The summed E-state index contributed by atoms with van der Waals surface area (Å²) in [4.78, 5) is 4.32. The van der Waals surface area contributed by atoms with E-state index in [1.165, 1.54) is 5.56 Å². The zero-order valence-corrected chi connectivity index (χ0v) is 20.5. The summed E-state index contributed by atoms with van der Waals surface area (Å²) in [6, 6.07) is 25.1. The summed E-state index contributed by atoms with van der Waals surface area (Å²) in [6.07, 6.45) is 3.32. The minimum Gasteiger partial charge on any atom is -0.363 e. The fourth-order valence-electron chi connectivity index (χ4n) is 4.17. The highest BCUT2D eigenvalue weighted by atomic mass is 16.5. The van der Waals surface area contributed by atoms with Crippen molar-refractivity contribution in [3.8, 4) is 17.2 Å². The average molecular weight is 450 g/mol. The normalized spacial score (nSPS) is 12.4. The van der Waals surface area contributed by atoms with Crippen LogP contribution in [-0.2, 0) is 23.8 Å². The molecule has 0 spiro atoms. The van der Waals surface area contributed by atoms with Crippen LogP contribution in [-0.4, -0.2) is 9.55 Å². The Kier molecular flexibility index (Phi) is 6.68. The molecule has 4 aromatic rings. The van der Waals surface area contributed by atoms with Gasteiger partial charge in [0.05, 0.1) is 36.5 Å². The Hall–Kier alpha value is -3.68. The van der Waals surface area contributed by atoms with E-state index in [0.29, 0.717) is 12.2 Å². The van der Waals surface area contributed by atoms with E-state index in [4.69, 9.17) is 4.74 Å². The molecule has 3 aromatic carbocycles. The van der Waals surface area contributed by atoms with Gasteiger partial charge in [-0.2, -0.15) is 5.26 Å². The molecule has 0 N–H and O–H groups in total. The molecule has 0 amide bonds. The molecule has 0 bridgehead atoms. The number of nitriles is 1. The van der Waals surface area contributed by atoms with Crippen molar-refractivity contribution in [3.05, 3.63) is 113 Å². The van der Waals surface area contributed by atoms with Crippen LogP contribution in [0.1, 0.15) is 60.4 Å². The fourth-order valence-corrected chi connectivity index (χ4v) is 4.17. The van der Waals surface area contributed by atoms with E-state index in [1.54, 1.807) is 6.33 Å². The molecule has 0 aliphatic rings. The quantitative estimate of drug-likeness (QED) is 0.323. The zero-order chi connectivity index (χ0) is 24.3. The van der Waals surface area contributed by atoms with Gasteiger partial charge in [-0.3, -0.25) is 0 Å². The smallest absolute Gasteiger partial charge is 0.124 e. The summed E-state index contributed by atoms with van der Waals surface area (Å²) in [5.41, 5.74) is 8.25. The Morgan fingerprint density at radius 1 is 1.00 bits per heavy atom. The van der Waals surface area contributed by atoms with E-state index in [9.17, 15) is 5.26 Å². The van der Waals surface area contributed by atoms with Crippen molar-refractivity contribution in [2.75, 3.05) is 0 Å². The Morgan fingerprint density at radius 2 is 1.74 bits per heavy atom. The third-order valence-corrected chi connectivity index (χ3v) is 6.26. The van der Waals surface area contributed by atoms with Gasteiger partial charge in [-0.25, -0.2) is 4.98 Å². The van der Waals surface area contributed by atoms with Crippen LogP contribution in [0, 0.1) is 18.3 Å². The van der Waals surface area contributed by atoms with Gasteiger partial charge in [-0.05, 0) is 52.3 Å². The molecule has 34 heavy (non-hydrogen) atoms. The van der Waals surface area contributed by atoms with E-state index in [0.717, 1.165) is 33.5 Å². The molecule has 0 saturated carbocycles. The van der Waals surface area contributed by atoms with Crippen molar-refractivity contribution in [1.82, 2.24) is 9.55 Å². The van der Waals surface area contributed by atoms with Gasteiger partial charge in [-0.1, -0.05) is 75.4 Å². The molecule has 4 rings (SSSR count). The minimum absolute atomic E-state index is 0.116. The first kappa shape index (κ1) is 23.5. The Morgan fingerprint density at radius 3 is 2.35 bits per heavy atom. The van der Waals surface area contributed by atoms with Crippen molar-refractivity contribution in [3.63, 3.8) is 0 Å². The molecule has 4 nitrogen and oxygen atoms in total. The monoisotopic (exact) mass is 449 g/mol. The maximum atomic E-state index is 9.76. The van der Waals surface area contributed by atoms with E-state index in [-0.39, 0.29) is 11.5 Å². The molecule has 172 valence electrons. The zero-order valence-electron chi connectivity index (χ0n) is 20.5. The van der Waals surface area contributed by atoms with Gasteiger partial charge in [0.15, 0.2) is 0 Å². The van der Waals surface area contributed by atoms with Crippen LogP contribution < -0.4 is 0 Å². The van der Waals surface area contributed by atoms with Gasteiger partial charge in [0.2, 0.25) is 0 Å². The van der Waals surface area contributed by atoms with Crippen LogP contribution in [0.4, 0.5) is 0 Å². The summed E-state index contributed by atoms with van der Waals surface area (Å²) in [6.45, 7) is 9.19. The molecule has 0 aliphatic carbocycles. The predicted octanol–water partition coefficient (Wildman–Crippen LogP) is 6.87. The highest BCUT2D eigenvalue weighted by Gasteiger charge is 2.21. The first-order valence-electron chi connectivity index (χ1n) is 11.5. The lowest BCUT2D eigenvalue weighted by Crippen LogP contribution is -2.12. The molecular weight excluding hydrogens is 418 g/mol. The lowest BCUT2D eigenvalue weighted by molar-refractivity contribution is 0.0622. The number of rotatable bonds is 6. The van der Waals surface area contributed by atoms with Crippen molar-refractivity contribution in [2.45, 2.75) is 45.8 Å². The van der Waals surface area contributed by atoms with Gasteiger partial charge in [-0.15, -0.1) is 0 Å². The molecule has 1 atom stereocenters. The summed E-state index contributed by atoms with van der Waals surface area (Å²) < 4.78 is 8.50. The molecule has 0 fully saturated rings. The first-order chi connectivity index (χ1) is 16.3. The molecule has 1 unspecified atom stereocenters. The summed E-state index contributed by atoms with van der Waals surface area (Å²) >= 11 is 0. The molecule has 1 heterocycles. The van der Waals surface area contributed by atoms with Crippen LogP contribution in [0.3, 0.4) is 0 Å². The van der Waals surface area contributed by atoms with Crippen LogP contribution in [0.15, 0.2) is 79.3 Å². The number of nitrogens with zero attached hydrogens (tertiary/aromatic N) is 3. The van der Waals surface area contributed by atoms with Crippen molar-refractivity contribution in [1.29, 1.82) is 5.26 Å². The Labute approximate surface area is 202 Å². The molecule has 0 saturated heterocycles. The van der Waals surface area contributed by atoms with Crippen molar-refractivity contribution >= 4 is 0 Å². The second-order valence-corrected chi connectivity index (χ2v) is 9.80. The average Bonchev–Trinajstić information content (AvgIpc) is 3.25. The number of benzene rings is 3. The third kappa shape index (κ3) is 4.95. The van der Waals surface area contributed by atoms with Gasteiger partial charge in [0.1, 0.15) is 6.10 Å². The largest absolute Gasteiger partial charge is 0.363 e. The van der Waals surface area contributed by atoms with Crippen LogP contribution >= 0.6 is 0 Å². The maximum Gasteiger partial charge on any atom is 0.124 e. The summed E-state index contributed by atoms with van der Waals surface area (Å²) in [5.74, 6) is 0. The Balaban J connectivity index is 1.70. The minimum atomic E-state index is -0.315. The molecule has 0 radical (unpaired) electrons. The van der Waals surface area contributed by atoms with Crippen molar-refractivity contribution in [2.24, 2.45) is 7.05 Å². The maximum absolute atomic E-state index is 9.76. The van der Waals surface area contributed by atoms with Gasteiger partial charge < -0.3 is 9.30 Å². The third-order valence-electron chi connectivity index (χ3n) is 6.26. The molecule has 0 aliphatic heterocycles. The number of hydrogen-bond donors (Lipinski definition) is 0. The first-order valence-corrected chi connectivity index (χ1v) is 11.5. The topological polar surface area (TPSA) is 50.8 Å². The van der Waals surface area contributed by atoms with E-state index < -0.39 is 0 Å². The summed E-state index contributed by atoms with van der Waals surface area (Å²) in [5, 5.41) is 9.76. The standard InChI is InChI=1S/C30H31N3O/c1-21-8-6-7-9-26(21)27-16-23(12-13-24(27)17-31)29(28-18-32-20-33(28)5)34-19-22-10-14-25(15-11-22)30(2,3)4/h6-16,18,20,29H,19H2,1-5H3. The molecule has 4 heteroatoms. The molecular formula is C30H31N3O. The molecule has 1 aromatic heterocycles. The highest BCUT2D eigenvalue weighted by Crippen LogP contribution is 2.33. The fraction of sp³-hybridized carbons (Fsp3) is 0.267. The summed E-state index contributed by atoms with van der Waals surface area (Å²) in [7, 11) is 1.97.